The Morgan fingerprint density at radius 3 is 2.72 bits per heavy atom. The highest BCUT2D eigenvalue weighted by Gasteiger charge is 2.40. The van der Waals surface area contributed by atoms with Gasteiger partial charge in [-0.1, -0.05) is 19.0 Å². The van der Waals surface area contributed by atoms with Crippen LogP contribution in [0, 0.1) is 11.2 Å². The fourth-order valence-electron chi connectivity index (χ4n) is 2.04. The van der Waals surface area contributed by atoms with Gasteiger partial charge in [0, 0.05) is 18.8 Å². The number of anilines is 1. The molecule has 1 atom stereocenters. The summed E-state index contributed by atoms with van der Waals surface area (Å²) in [6.07, 6.45) is 0.562. The number of hydrogen-bond donors (Lipinski definition) is 1. The van der Waals surface area contributed by atoms with Crippen LogP contribution in [-0.4, -0.2) is 24.2 Å². The Morgan fingerprint density at radius 2 is 2.22 bits per heavy atom. The van der Waals surface area contributed by atoms with Crippen LogP contribution >= 0.6 is 11.6 Å². The summed E-state index contributed by atoms with van der Waals surface area (Å²) in [6.45, 7) is 2.72. The molecule has 1 N–H and O–H groups in total. The molecule has 0 radical (unpaired) electrons. The summed E-state index contributed by atoms with van der Waals surface area (Å²) in [5.41, 5.74) is -0.0762. The van der Waals surface area contributed by atoms with E-state index in [0.717, 1.165) is 0 Å². The minimum absolute atomic E-state index is 0. The number of halogens is 2. The lowest BCUT2D eigenvalue weighted by Crippen LogP contribution is -2.31. The van der Waals surface area contributed by atoms with Crippen molar-refractivity contribution in [2.75, 3.05) is 18.0 Å². The van der Waals surface area contributed by atoms with E-state index < -0.39 is 17.2 Å². The van der Waals surface area contributed by atoms with Crippen molar-refractivity contribution in [3.63, 3.8) is 0 Å². The molecule has 0 spiro atoms. The van der Waals surface area contributed by atoms with Gasteiger partial charge in [0.2, 0.25) is 0 Å². The van der Waals surface area contributed by atoms with E-state index in [-0.39, 0.29) is 12.4 Å². The van der Waals surface area contributed by atoms with E-state index >= 15 is 0 Å². The molecule has 1 aromatic carbocycles. The predicted molar refractivity (Wildman–Crippen MR) is 70.7 cm³/mol. The molecular formula is C13H17ClFNO2. The van der Waals surface area contributed by atoms with Gasteiger partial charge in [-0.2, -0.15) is 0 Å². The number of aliphatic carboxylic acids is 1. The van der Waals surface area contributed by atoms with Crippen molar-refractivity contribution in [2.45, 2.75) is 20.8 Å². The molecule has 2 rings (SSSR count). The van der Waals surface area contributed by atoms with Gasteiger partial charge in [-0.25, -0.2) is 4.39 Å². The highest BCUT2D eigenvalue weighted by Crippen LogP contribution is 2.34. The lowest BCUT2D eigenvalue weighted by molar-refractivity contribution is -0.146. The molecule has 0 amide bonds. The molecule has 0 unspecified atom stereocenters. The van der Waals surface area contributed by atoms with E-state index in [1.165, 1.54) is 12.1 Å². The second-order valence-electron chi connectivity index (χ2n) is 4.64. The smallest absolute Gasteiger partial charge is 0.311 e. The van der Waals surface area contributed by atoms with Gasteiger partial charge in [0.05, 0.1) is 10.4 Å². The largest absolute Gasteiger partial charge is 0.481 e. The third kappa shape index (κ3) is 2.58. The van der Waals surface area contributed by atoms with Gasteiger partial charge >= 0.3 is 5.97 Å². The minimum atomic E-state index is -0.811. The molecule has 3 nitrogen and oxygen atoms in total. The maximum absolute atomic E-state index is 13.3. The zero-order chi connectivity index (χ0) is 12.6. The number of carboxylic acid groups (broad SMARTS) is 1. The lowest BCUT2D eigenvalue weighted by Gasteiger charge is -2.21. The molecule has 1 aliphatic heterocycles. The Balaban J connectivity index is 0.00000162. The Bertz CT molecular complexity index is 466. The van der Waals surface area contributed by atoms with Crippen molar-refractivity contribution in [3.8, 4) is 0 Å². The summed E-state index contributed by atoms with van der Waals surface area (Å²) < 4.78 is 13.3. The van der Waals surface area contributed by atoms with E-state index in [4.69, 9.17) is 16.7 Å². The van der Waals surface area contributed by atoms with Crippen molar-refractivity contribution >= 4 is 23.3 Å². The molecule has 0 saturated carbocycles. The first kappa shape index (κ1) is 14.8. The number of rotatable bonds is 2. The Kier molecular flexibility index (Phi) is 4.22. The zero-order valence-corrected chi connectivity index (χ0v) is 10.2. The number of hydrogen-bond acceptors (Lipinski definition) is 2. The van der Waals surface area contributed by atoms with Crippen molar-refractivity contribution in [1.29, 1.82) is 0 Å². The molecule has 18 heavy (non-hydrogen) atoms. The maximum atomic E-state index is 13.3. The SMILES string of the molecule is C.C[C@]1(C(=O)O)CCN(c2ccc(Cl)c(F)c2)C1. The monoisotopic (exact) mass is 273 g/mol. The molecule has 1 fully saturated rings. The standard InChI is InChI=1S/C12H13ClFNO2.CH4/c1-12(11(16)17)4-5-15(7-12)8-2-3-9(13)10(14)6-8;/h2-3,6H,4-5,7H2,1H3,(H,16,17);1H4/t12-;/m0./s1. The number of benzene rings is 1. The van der Waals surface area contributed by atoms with E-state index in [9.17, 15) is 9.18 Å². The van der Waals surface area contributed by atoms with Gasteiger partial charge in [-0.15, -0.1) is 0 Å². The summed E-state index contributed by atoms with van der Waals surface area (Å²) in [4.78, 5) is 13.0. The van der Waals surface area contributed by atoms with Crippen LogP contribution in [0.25, 0.3) is 0 Å². The Labute approximate surface area is 111 Å². The molecule has 0 bridgehead atoms. The normalized spacial score (nSPS) is 22.7. The van der Waals surface area contributed by atoms with Crippen LogP contribution in [0.2, 0.25) is 5.02 Å². The first-order valence-electron chi connectivity index (χ1n) is 5.36. The summed E-state index contributed by atoms with van der Waals surface area (Å²) in [5.74, 6) is -1.29. The lowest BCUT2D eigenvalue weighted by atomic mass is 9.90. The van der Waals surface area contributed by atoms with Crippen LogP contribution in [0.3, 0.4) is 0 Å². The molecule has 100 valence electrons. The molecular weight excluding hydrogens is 257 g/mol. The molecule has 1 saturated heterocycles. The van der Waals surface area contributed by atoms with E-state index in [0.29, 0.717) is 25.2 Å². The minimum Gasteiger partial charge on any atom is -0.481 e. The molecule has 1 heterocycles. The van der Waals surface area contributed by atoms with Gasteiger partial charge in [0.15, 0.2) is 0 Å². The maximum Gasteiger partial charge on any atom is 0.311 e. The van der Waals surface area contributed by atoms with Crippen LogP contribution < -0.4 is 4.90 Å². The third-order valence-corrected chi connectivity index (χ3v) is 3.56. The van der Waals surface area contributed by atoms with Gasteiger partial charge in [0.1, 0.15) is 5.82 Å². The van der Waals surface area contributed by atoms with E-state index in [1.54, 1.807) is 13.0 Å². The first-order chi connectivity index (χ1) is 7.92. The molecule has 0 aliphatic carbocycles. The van der Waals surface area contributed by atoms with Crippen LogP contribution in [0.1, 0.15) is 20.8 Å². The van der Waals surface area contributed by atoms with Gasteiger partial charge in [-0.3, -0.25) is 4.79 Å². The average Bonchev–Trinajstić information content (AvgIpc) is 2.67. The third-order valence-electron chi connectivity index (χ3n) is 3.26. The summed E-state index contributed by atoms with van der Waals surface area (Å²) in [7, 11) is 0. The summed E-state index contributed by atoms with van der Waals surface area (Å²) in [5, 5.41) is 9.19. The summed E-state index contributed by atoms with van der Waals surface area (Å²) in [6, 6.07) is 4.54. The number of carbonyl (C=O) groups is 1. The Hall–Kier alpha value is -1.29. The molecule has 1 aliphatic rings. The van der Waals surface area contributed by atoms with Crippen LogP contribution in [0.15, 0.2) is 18.2 Å². The van der Waals surface area contributed by atoms with Crippen molar-refractivity contribution in [1.82, 2.24) is 0 Å². The number of nitrogens with zero attached hydrogens (tertiary/aromatic N) is 1. The van der Waals surface area contributed by atoms with Gasteiger partial charge in [-0.05, 0) is 31.5 Å². The van der Waals surface area contributed by atoms with Crippen molar-refractivity contribution in [3.05, 3.63) is 29.0 Å². The quantitative estimate of drug-likeness (QED) is 0.898. The second kappa shape index (κ2) is 5.14. The van der Waals surface area contributed by atoms with Crippen LogP contribution in [0.4, 0.5) is 10.1 Å². The van der Waals surface area contributed by atoms with Crippen molar-refractivity contribution < 1.29 is 14.3 Å². The average molecular weight is 274 g/mol. The Morgan fingerprint density at radius 1 is 1.56 bits per heavy atom. The first-order valence-corrected chi connectivity index (χ1v) is 5.73. The van der Waals surface area contributed by atoms with Gasteiger partial charge in [0.25, 0.3) is 0 Å². The zero-order valence-electron chi connectivity index (χ0n) is 9.41. The molecule has 1 aromatic rings. The molecule has 5 heteroatoms. The van der Waals surface area contributed by atoms with Gasteiger partial charge < -0.3 is 10.0 Å². The summed E-state index contributed by atoms with van der Waals surface area (Å²) >= 11 is 5.61. The highest BCUT2D eigenvalue weighted by atomic mass is 35.5. The van der Waals surface area contributed by atoms with E-state index in [1.807, 2.05) is 4.90 Å². The van der Waals surface area contributed by atoms with Crippen LogP contribution in [0.5, 0.6) is 0 Å². The fourth-order valence-corrected chi connectivity index (χ4v) is 2.16. The topological polar surface area (TPSA) is 40.5 Å². The molecule has 0 aromatic heterocycles. The fraction of sp³-hybridized carbons (Fsp3) is 0.462. The van der Waals surface area contributed by atoms with Crippen LogP contribution in [-0.2, 0) is 4.79 Å². The van der Waals surface area contributed by atoms with Crippen molar-refractivity contribution in [2.24, 2.45) is 5.41 Å². The van der Waals surface area contributed by atoms with E-state index in [2.05, 4.69) is 0 Å². The highest BCUT2D eigenvalue weighted by molar-refractivity contribution is 6.30. The predicted octanol–water partition coefficient (Wildman–Crippen LogP) is 3.42. The second-order valence-corrected chi connectivity index (χ2v) is 5.04. The number of carboxylic acids is 1.